The summed E-state index contributed by atoms with van der Waals surface area (Å²) in [6.45, 7) is 12.1. The fourth-order valence-corrected chi connectivity index (χ4v) is 4.75. The zero-order valence-electron chi connectivity index (χ0n) is 16.6. The van der Waals surface area contributed by atoms with E-state index >= 15 is 0 Å². The maximum atomic E-state index is 12.7. The summed E-state index contributed by atoms with van der Waals surface area (Å²) in [4.78, 5) is 19.8. The van der Waals surface area contributed by atoms with Gasteiger partial charge in [-0.15, -0.1) is 0 Å². The zero-order chi connectivity index (χ0) is 18.7. The highest BCUT2D eigenvalue weighted by atomic mass is 16.5. The summed E-state index contributed by atoms with van der Waals surface area (Å²) >= 11 is 0. The van der Waals surface area contributed by atoms with Crippen molar-refractivity contribution in [2.24, 2.45) is 5.41 Å². The Labute approximate surface area is 162 Å². The molecule has 1 amide bonds. The Morgan fingerprint density at radius 2 is 1.78 bits per heavy atom. The minimum absolute atomic E-state index is 0.0263. The Morgan fingerprint density at radius 1 is 1.04 bits per heavy atom. The van der Waals surface area contributed by atoms with Gasteiger partial charge in [0.2, 0.25) is 0 Å². The van der Waals surface area contributed by atoms with Crippen LogP contribution < -0.4 is 0 Å². The Balaban J connectivity index is 1.32. The van der Waals surface area contributed by atoms with Crippen LogP contribution in [0.4, 0.5) is 0 Å². The molecule has 3 aliphatic heterocycles. The molecular weight excluding hydrogens is 342 g/mol. The van der Waals surface area contributed by atoms with E-state index in [-0.39, 0.29) is 11.3 Å². The number of amides is 1. The Bertz CT molecular complexity index is 630. The molecule has 0 N–H and O–H groups in total. The first kappa shape index (κ1) is 19.0. The van der Waals surface area contributed by atoms with Gasteiger partial charge < -0.3 is 19.0 Å². The molecule has 3 aliphatic rings. The van der Waals surface area contributed by atoms with Gasteiger partial charge in [-0.2, -0.15) is 0 Å². The molecule has 0 bridgehead atoms. The first-order chi connectivity index (χ1) is 13.1. The summed E-state index contributed by atoms with van der Waals surface area (Å²) in [6, 6.07) is 3.65. The Hall–Kier alpha value is -1.37. The van der Waals surface area contributed by atoms with Gasteiger partial charge in [0, 0.05) is 44.7 Å². The molecule has 0 aromatic carbocycles. The summed E-state index contributed by atoms with van der Waals surface area (Å²) < 4.78 is 11.5. The van der Waals surface area contributed by atoms with Crippen molar-refractivity contribution >= 4 is 5.91 Å². The lowest BCUT2D eigenvalue weighted by atomic mass is 9.78. The molecule has 27 heavy (non-hydrogen) atoms. The maximum absolute atomic E-state index is 12.7. The largest absolute Gasteiger partial charge is 0.456 e. The summed E-state index contributed by atoms with van der Waals surface area (Å²) in [5.74, 6) is 1.28. The van der Waals surface area contributed by atoms with Crippen molar-refractivity contribution in [3.63, 3.8) is 0 Å². The van der Waals surface area contributed by atoms with Crippen molar-refractivity contribution in [2.45, 2.75) is 32.6 Å². The third-order valence-electron chi connectivity index (χ3n) is 6.51. The lowest BCUT2D eigenvalue weighted by Crippen LogP contribution is -2.49. The third kappa shape index (κ3) is 4.55. The highest BCUT2D eigenvalue weighted by Gasteiger charge is 2.39. The van der Waals surface area contributed by atoms with Crippen LogP contribution >= 0.6 is 0 Å². The van der Waals surface area contributed by atoms with Crippen LogP contribution in [0.2, 0.25) is 0 Å². The van der Waals surface area contributed by atoms with Crippen LogP contribution in [-0.2, 0) is 4.74 Å². The van der Waals surface area contributed by atoms with Crippen molar-refractivity contribution in [1.82, 2.24) is 14.7 Å². The first-order valence-corrected chi connectivity index (χ1v) is 10.5. The average Bonchev–Trinajstić information content (AvgIpc) is 3.31. The molecule has 0 saturated carbocycles. The number of hydrogen-bond acceptors (Lipinski definition) is 5. The number of piperidine rings is 1. The number of rotatable bonds is 4. The quantitative estimate of drug-likeness (QED) is 0.808. The number of carbonyl (C=O) groups excluding carboxylic acids is 1. The fraction of sp³-hybridized carbons (Fsp3) is 0.762. The average molecular weight is 376 g/mol. The van der Waals surface area contributed by atoms with E-state index < -0.39 is 0 Å². The van der Waals surface area contributed by atoms with Gasteiger partial charge in [-0.05, 0) is 57.8 Å². The standard InChI is InChI=1S/C21H33N3O3/c1-18-4-5-19(27-18)20(25)24-10-6-21(7-11-24)16-23(14-15-26-17-21)13-12-22-8-2-3-9-22/h4-5H,2-3,6-17H2,1H3. The first-order valence-electron chi connectivity index (χ1n) is 10.5. The molecular formula is C21H33N3O3. The SMILES string of the molecule is Cc1ccc(C(=O)N2CCC3(CC2)COCCN(CCN2CCCC2)C3)o1. The molecule has 6 nitrogen and oxygen atoms in total. The molecule has 0 unspecified atom stereocenters. The van der Waals surface area contributed by atoms with E-state index in [9.17, 15) is 4.79 Å². The number of nitrogens with zero attached hydrogens (tertiary/aromatic N) is 3. The highest BCUT2D eigenvalue weighted by molar-refractivity contribution is 5.91. The molecule has 3 saturated heterocycles. The van der Waals surface area contributed by atoms with Crippen molar-refractivity contribution in [3.8, 4) is 0 Å². The van der Waals surface area contributed by atoms with Gasteiger partial charge in [-0.3, -0.25) is 9.69 Å². The number of furan rings is 1. The van der Waals surface area contributed by atoms with E-state index in [1.165, 1.54) is 32.5 Å². The molecule has 0 radical (unpaired) electrons. The van der Waals surface area contributed by atoms with Gasteiger partial charge in [-0.25, -0.2) is 0 Å². The second-order valence-electron chi connectivity index (χ2n) is 8.58. The monoisotopic (exact) mass is 375 g/mol. The van der Waals surface area contributed by atoms with Crippen molar-refractivity contribution in [2.75, 3.05) is 65.6 Å². The molecule has 0 aliphatic carbocycles. The van der Waals surface area contributed by atoms with Crippen LogP contribution in [0.3, 0.4) is 0 Å². The number of hydrogen-bond donors (Lipinski definition) is 0. The van der Waals surface area contributed by atoms with E-state index in [0.717, 1.165) is 64.5 Å². The lowest BCUT2D eigenvalue weighted by molar-refractivity contribution is 0.0135. The number of likely N-dealkylation sites (tertiary alicyclic amines) is 2. The summed E-state index contributed by atoms with van der Waals surface area (Å²) in [7, 11) is 0. The van der Waals surface area contributed by atoms with Gasteiger partial charge in [0.05, 0.1) is 13.2 Å². The van der Waals surface area contributed by atoms with E-state index in [1.54, 1.807) is 6.07 Å². The number of aryl methyl sites for hydroxylation is 1. The lowest BCUT2D eigenvalue weighted by Gasteiger charge is -2.42. The van der Waals surface area contributed by atoms with E-state index in [0.29, 0.717) is 5.76 Å². The van der Waals surface area contributed by atoms with Gasteiger partial charge in [0.25, 0.3) is 5.91 Å². The predicted octanol–water partition coefficient (Wildman–Crippen LogP) is 2.24. The molecule has 4 rings (SSSR count). The topological polar surface area (TPSA) is 49.2 Å². The van der Waals surface area contributed by atoms with Gasteiger partial charge in [0.1, 0.15) is 5.76 Å². The van der Waals surface area contributed by atoms with Gasteiger partial charge in [0.15, 0.2) is 5.76 Å². The summed E-state index contributed by atoms with van der Waals surface area (Å²) in [6.07, 6.45) is 4.73. The molecule has 1 spiro atoms. The Kier molecular flexibility index (Phi) is 5.85. The predicted molar refractivity (Wildman–Crippen MR) is 104 cm³/mol. The molecule has 6 heteroatoms. The van der Waals surface area contributed by atoms with Crippen molar-refractivity contribution in [1.29, 1.82) is 0 Å². The Morgan fingerprint density at radius 3 is 2.48 bits per heavy atom. The van der Waals surface area contributed by atoms with Crippen molar-refractivity contribution in [3.05, 3.63) is 23.7 Å². The third-order valence-corrected chi connectivity index (χ3v) is 6.51. The summed E-state index contributed by atoms with van der Waals surface area (Å²) in [5.41, 5.74) is 0.192. The minimum Gasteiger partial charge on any atom is -0.456 e. The van der Waals surface area contributed by atoms with Crippen LogP contribution in [0.1, 0.15) is 42.0 Å². The van der Waals surface area contributed by atoms with E-state index in [2.05, 4.69) is 9.80 Å². The van der Waals surface area contributed by atoms with Crippen LogP contribution in [0.15, 0.2) is 16.5 Å². The fourth-order valence-electron chi connectivity index (χ4n) is 4.75. The normalized spacial score (nSPS) is 24.4. The maximum Gasteiger partial charge on any atom is 0.289 e. The molecule has 4 heterocycles. The molecule has 1 aromatic heterocycles. The smallest absolute Gasteiger partial charge is 0.289 e. The summed E-state index contributed by atoms with van der Waals surface area (Å²) in [5, 5.41) is 0. The van der Waals surface area contributed by atoms with Gasteiger partial charge >= 0.3 is 0 Å². The number of ether oxygens (including phenoxy) is 1. The van der Waals surface area contributed by atoms with Crippen molar-refractivity contribution < 1.29 is 13.9 Å². The number of carbonyl (C=O) groups is 1. The minimum atomic E-state index is 0.0263. The second kappa shape index (κ2) is 8.33. The molecule has 3 fully saturated rings. The van der Waals surface area contributed by atoms with E-state index in [1.807, 2.05) is 17.9 Å². The van der Waals surface area contributed by atoms with Crippen LogP contribution in [0, 0.1) is 12.3 Å². The second-order valence-corrected chi connectivity index (χ2v) is 8.58. The molecule has 1 aromatic rings. The molecule has 0 atom stereocenters. The van der Waals surface area contributed by atoms with Crippen LogP contribution in [0.25, 0.3) is 0 Å². The van der Waals surface area contributed by atoms with Crippen LogP contribution in [0.5, 0.6) is 0 Å². The van der Waals surface area contributed by atoms with Gasteiger partial charge in [-0.1, -0.05) is 0 Å². The molecule has 150 valence electrons. The highest BCUT2D eigenvalue weighted by Crippen LogP contribution is 2.35. The van der Waals surface area contributed by atoms with Crippen LogP contribution in [-0.4, -0.2) is 86.2 Å². The van der Waals surface area contributed by atoms with E-state index in [4.69, 9.17) is 9.15 Å². The zero-order valence-corrected chi connectivity index (χ0v) is 16.6.